The number of carbonyl (C=O) groups is 1. The van der Waals surface area contributed by atoms with Gasteiger partial charge in [0.05, 0.1) is 26.0 Å². The first-order chi connectivity index (χ1) is 15.2. The van der Waals surface area contributed by atoms with Crippen molar-refractivity contribution in [3.05, 3.63) is 58.1 Å². The monoisotopic (exact) mass is 524 g/mol. The molecule has 0 radical (unpaired) electrons. The Bertz CT molecular complexity index is 1050. The van der Waals surface area contributed by atoms with Crippen LogP contribution in [0.1, 0.15) is 36.9 Å². The number of hydrogen-bond acceptors (Lipinski definition) is 5. The maximum atomic E-state index is 12.9. The molecular weight excluding hydrogens is 496 g/mol. The van der Waals surface area contributed by atoms with Gasteiger partial charge in [-0.3, -0.25) is 4.79 Å². The van der Waals surface area contributed by atoms with Crippen LogP contribution in [0.15, 0.2) is 46.9 Å². The third-order valence-corrected chi connectivity index (χ3v) is 8.06. The highest BCUT2D eigenvalue weighted by atomic mass is 79.9. The number of hydrogen-bond donors (Lipinski definition) is 1. The first-order valence-electron chi connectivity index (χ1n) is 10.5. The van der Waals surface area contributed by atoms with Crippen molar-refractivity contribution in [1.29, 1.82) is 0 Å². The van der Waals surface area contributed by atoms with Crippen molar-refractivity contribution in [3.8, 4) is 11.5 Å². The van der Waals surface area contributed by atoms with Crippen LogP contribution in [0.25, 0.3) is 0 Å². The van der Waals surface area contributed by atoms with Crippen LogP contribution in [-0.4, -0.2) is 45.9 Å². The second-order valence-corrected chi connectivity index (χ2v) is 10.8. The molecule has 7 nitrogen and oxygen atoms in total. The lowest BCUT2D eigenvalue weighted by Crippen LogP contribution is -2.43. The van der Waals surface area contributed by atoms with Crippen molar-refractivity contribution >= 4 is 31.9 Å². The summed E-state index contributed by atoms with van der Waals surface area (Å²) in [5.41, 5.74) is 1.56. The molecule has 1 N–H and O–H groups in total. The van der Waals surface area contributed by atoms with E-state index in [1.807, 2.05) is 37.3 Å². The number of piperidine rings is 1. The van der Waals surface area contributed by atoms with E-state index < -0.39 is 10.0 Å². The maximum absolute atomic E-state index is 12.9. The van der Waals surface area contributed by atoms with E-state index in [-0.39, 0.29) is 23.6 Å². The molecule has 1 fully saturated rings. The van der Waals surface area contributed by atoms with E-state index in [1.165, 1.54) is 4.31 Å². The summed E-state index contributed by atoms with van der Waals surface area (Å²) in [5.74, 6) is 1.01. The molecule has 0 saturated carbocycles. The van der Waals surface area contributed by atoms with Crippen LogP contribution in [0.2, 0.25) is 0 Å². The van der Waals surface area contributed by atoms with Crippen LogP contribution in [0.4, 0.5) is 0 Å². The molecule has 1 amide bonds. The summed E-state index contributed by atoms with van der Waals surface area (Å²) in [4.78, 5) is 12.9. The summed E-state index contributed by atoms with van der Waals surface area (Å²) in [7, 11) is -0.257. The summed E-state index contributed by atoms with van der Waals surface area (Å²) >= 11 is 3.38. The molecule has 2 aromatic carbocycles. The molecular formula is C23H29BrN2O5S. The van der Waals surface area contributed by atoms with Crippen LogP contribution in [-0.2, 0) is 20.6 Å². The van der Waals surface area contributed by atoms with E-state index >= 15 is 0 Å². The fraction of sp³-hybridized carbons (Fsp3) is 0.435. The topological polar surface area (TPSA) is 84.9 Å². The molecule has 9 heteroatoms. The molecule has 1 atom stereocenters. The van der Waals surface area contributed by atoms with E-state index in [9.17, 15) is 13.2 Å². The van der Waals surface area contributed by atoms with Gasteiger partial charge < -0.3 is 14.8 Å². The zero-order valence-electron chi connectivity index (χ0n) is 18.5. The van der Waals surface area contributed by atoms with E-state index in [1.54, 1.807) is 26.4 Å². The van der Waals surface area contributed by atoms with Gasteiger partial charge in [0.15, 0.2) is 0 Å². The molecule has 0 aromatic heterocycles. The summed E-state index contributed by atoms with van der Waals surface area (Å²) in [6, 6.07) is 12.5. The predicted octanol–water partition coefficient (Wildman–Crippen LogP) is 3.89. The highest BCUT2D eigenvalue weighted by Gasteiger charge is 2.32. The number of sulfonamides is 1. The summed E-state index contributed by atoms with van der Waals surface area (Å²) < 4.78 is 38.7. The zero-order valence-corrected chi connectivity index (χ0v) is 20.9. The summed E-state index contributed by atoms with van der Waals surface area (Å²) in [6.45, 7) is 2.57. The molecule has 0 spiro atoms. The largest absolute Gasteiger partial charge is 0.497 e. The Balaban J connectivity index is 1.58. The van der Waals surface area contributed by atoms with Crippen molar-refractivity contribution in [2.75, 3.05) is 27.3 Å². The SMILES string of the molecule is COc1ccc(OC)c([C@H](C)NC(=O)C2CCN(S(=O)(=O)Cc3cccc(Br)c3)CC2)c1. The quantitative estimate of drug-likeness (QED) is 0.566. The number of methoxy groups -OCH3 is 2. The van der Waals surface area contributed by atoms with Gasteiger partial charge in [0.25, 0.3) is 0 Å². The predicted molar refractivity (Wildman–Crippen MR) is 127 cm³/mol. The number of benzene rings is 2. The number of ether oxygens (including phenoxy) is 2. The molecule has 0 bridgehead atoms. The number of amides is 1. The highest BCUT2D eigenvalue weighted by molar-refractivity contribution is 9.10. The summed E-state index contributed by atoms with van der Waals surface area (Å²) in [5, 5.41) is 3.04. The first kappa shape index (κ1) is 24.5. The minimum Gasteiger partial charge on any atom is -0.497 e. The van der Waals surface area contributed by atoms with Crippen molar-refractivity contribution in [1.82, 2.24) is 9.62 Å². The maximum Gasteiger partial charge on any atom is 0.223 e. The smallest absolute Gasteiger partial charge is 0.223 e. The van der Waals surface area contributed by atoms with Crippen molar-refractivity contribution in [2.45, 2.75) is 31.6 Å². The first-order valence-corrected chi connectivity index (χ1v) is 12.9. The van der Waals surface area contributed by atoms with Gasteiger partial charge in [-0.25, -0.2) is 12.7 Å². The van der Waals surface area contributed by atoms with Crippen molar-refractivity contribution < 1.29 is 22.7 Å². The molecule has 1 aliphatic rings. The van der Waals surface area contributed by atoms with Crippen LogP contribution < -0.4 is 14.8 Å². The Morgan fingerprint density at radius 1 is 1.16 bits per heavy atom. The van der Waals surface area contributed by atoms with Crippen LogP contribution in [0.5, 0.6) is 11.5 Å². The Morgan fingerprint density at radius 3 is 2.50 bits per heavy atom. The molecule has 2 aromatic rings. The summed E-state index contributed by atoms with van der Waals surface area (Å²) in [6.07, 6.45) is 0.983. The molecule has 0 aliphatic carbocycles. The van der Waals surface area contributed by atoms with Crippen molar-refractivity contribution in [2.24, 2.45) is 5.92 Å². The molecule has 3 rings (SSSR count). The van der Waals surface area contributed by atoms with Gasteiger partial charge in [-0.05, 0) is 55.7 Å². The third-order valence-electron chi connectivity index (χ3n) is 5.72. The molecule has 1 aliphatic heterocycles. The lowest BCUT2D eigenvalue weighted by molar-refractivity contribution is -0.126. The van der Waals surface area contributed by atoms with Gasteiger partial charge in [0, 0.05) is 29.0 Å². The molecule has 1 saturated heterocycles. The van der Waals surface area contributed by atoms with Crippen LogP contribution in [0.3, 0.4) is 0 Å². The molecule has 1 heterocycles. The Kier molecular flexibility index (Phi) is 8.19. The lowest BCUT2D eigenvalue weighted by Gasteiger charge is -2.31. The number of carbonyl (C=O) groups excluding carboxylic acids is 1. The molecule has 0 unspecified atom stereocenters. The van der Waals surface area contributed by atoms with Gasteiger partial charge in [-0.1, -0.05) is 28.1 Å². The number of nitrogens with zero attached hydrogens (tertiary/aromatic N) is 1. The van der Waals surface area contributed by atoms with E-state index in [2.05, 4.69) is 21.2 Å². The van der Waals surface area contributed by atoms with E-state index in [0.717, 1.165) is 15.6 Å². The third kappa shape index (κ3) is 6.02. The highest BCUT2D eigenvalue weighted by Crippen LogP contribution is 2.30. The normalized spacial score (nSPS) is 16.4. The number of rotatable bonds is 8. The van der Waals surface area contributed by atoms with Crippen LogP contribution >= 0.6 is 15.9 Å². The second kappa shape index (κ2) is 10.7. The average Bonchev–Trinajstić information content (AvgIpc) is 2.78. The minimum absolute atomic E-state index is 0.0457. The van der Waals surface area contributed by atoms with Crippen molar-refractivity contribution in [3.63, 3.8) is 0 Å². The van der Waals surface area contributed by atoms with E-state index in [4.69, 9.17) is 9.47 Å². The van der Waals surface area contributed by atoms with E-state index in [0.29, 0.717) is 37.4 Å². The van der Waals surface area contributed by atoms with Gasteiger partial charge in [-0.15, -0.1) is 0 Å². The molecule has 174 valence electrons. The van der Waals surface area contributed by atoms with Gasteiger partial charge in [0.1, 0.15) is 11.5 Å². The average molecular weight is 525 g/mol. The Labute approximate surface area is 198 Å². The van der Waals surface area contributed by atoms with Crippen LogP contribution in [0, 0.1) is 5.92 Å². The minimum atomic E-state index is -3.43. The number of nitrogens with one attached hydrogen (secondary N) is 1. The van der Waals surface area contributed by atoms with Gasteiger partial charge in [0.2, 0.25) is 15.9 Å². The fourth-order valence-electron chi connectivity index (χ4n) is 3.91. The Morgan fingerprint density at radius 2 is 1.88 bits per heavy atom. The Hall–Kier alpha value is -2.10. The molecule has 32 heavy (non-hydrogen) atoms. The standard InChI is InChI=1S/C23H29BrN2O5S/c1-16(21-14-20(30-2)7-8-22(21)31-3)25-23(27)18-9-11-26(12-10-18)32(28,29)15-17-5-4-6-19(24)13-17/h4-8,13-14,16,18H,9-12,15H2,1-3H3,(H,25,27)/t16-/m0/s1. The number of halogens is 1. The van der Waals surface area contributed by atoms with Gasteiger partial charge >= 0.3 is 0 Å². The lowest BCUT2D eigenvalue weighted by atomic mass is 9.96. The zero-order chi connectivity index (χ0) is 23.3. The van der Waals surface area contributed by atoms with Gasteiger partial charge in [-0.2, -0.15) is 0 Å². The fourth-order valence-corrected chi connectivity index (χ4v) is 5.91. The second-order valence-electron chi connectivity index (χ2n) is 7.90.